The Balaban J connectivity index is 2.62. The molecule has 0 radical (unpaired) electrons. The number of sulfonamides is 1. The molecule has 1 rings (SSSR count). The lowest BCUT2D eigenvalue weighted by molar-refractivity contribution is -0.141. The van der Waals surface area contributed by atoms with Crippen LogP contribution in [0.15, 0.2) is 30.3 Å². The lowest BCUT2D eigenvalue weighted by Gasteiger charge is -2.22. The zero-order valence-electron chi connectivity index (χ0n) is 16.2. The van der Waals surface area contributed by atoms with Crippen molar-refractivity contribution in [2.45, 2.75) is 51.8 Å². The molecule has 0 saturated carbocycles. The smallest absolute Gasteiger partial charge is 0.407 e. The molecule has 0 unspecified atom stereocenters. The summed E-state index contributed by atoms with van der Waals surface area (Å²) in [6.07, 6.45) is -0.836. The van der Waals surface area contributed by atoms with Gasteiger partial charge in [-0.1, -0.05) is 30.3 Å². The molecule has 27 heavy (non-hydrogen) atoms. The first-order chi connectivity index (χ1) is 12.5. The van der Waals surface area contributed by atoms with Gasteiger partial charge < -0.3 is 14.8 Å². The summed E-state index contributed by atoms with van der Waals surface area (Å²) in [4.78, 5) is 23.6. The second-order valence-electron chi connectivity index (χ2n) is 7.14. The van der Waals surface area contributed by atoms with Crippen molar-refractivity contribution in [3.05, 3.63) is 35.9 Å². The fraction of sp³-hybridized carbons (Fsp3) is 0.556. The Morgan fingerprint density at radius 2 is 1.78 bits per heavy atom. The van der Waals surface area contributed by atoms with Crippen LogP contribution in [0.25, 0.3) is 0 Å². The molecule has 0 spiro atoms. The summed E-state index contributed by atoms with van der Waals surface area (Å²) in [5.41, 5.74) is 0.202. The molecule has 1 aromatic rings. The largest absolute Gasteiger partial charge is 0.469 e. The van der Waals surface area contributed by atoms with E-state index < -0.39 is 33.7 Å². The van der Waals surface area contributed by atoms with Crippen molar-refractivity contribution in [2.24, 2.45) is 0 Å². The van der Waals surface area contributed by atoms with Gasteiger partial charge in [0.2, 0.25) is 10.0 Å². The van der Waals surface area contributed by atoms with Gasteiger partial charge in [-0.15, -0.1) is 0 Å². The number of hydrogen-bond acceptors (Lipinski definition) is 6. The zero-order chi connectivity index (χ0) is 20.5. The first kappa shape index (κ1) is 22.9. The second-order valence-corrected chi connectivity index (χ2v) is 8.98. The van der Waals surface area contributed by atoms with Gasteiger partial charge in [0.15, 0.2) is 0 Å². The SMILES string of the molecule is COC(=O)C[C@H](CCS(=O)(=O)NC(C)(C)C)NC(=O)OCc1ccccc1. The number of alkyl carbamates (subject to hydrolysis) is 1. The van der Waals surface area contributed by atoms with Crippen LogP contribution in [0.1, 0.15) is 39.2 Å². The first-order valence-corrected chi connectivity index (χ1v) is 10.2. The lowest BCUT2D eigenvalue weighted by atomic mass is 10.1. The Hall–Kier alpha value is -2.13. The molecule has 2 N–H and O–H groups in total. The fourth-order valence-electron chi connectivity index (χ4n) is 2.26. The van der Waals surface area contributed by atoms with Crippen molar-refractivity contribution in [2.75, 3.05) is 12.9 Å². The topological polar surface area (TPSA) is 111 Å². The number of esters is 1. The van der Waals surface area contributed by atoms with E-state index in [1.54, 1.807) is 20.8 Å². The summed E-state index contributed by atoms with van der Waals surface area (Å²) in [6.45, 7) is 5.27. The van der Waals surface area contributed by atoms with E-state index in [2.05, 4.69) is 14.8 Å². The summed E-state index contributed by atoms with van der Waals surface area (Å²) in [5.74, 6) is -0.796. The molecule has 0 aliphatic rings. The Kier molecular flexibility index (Phi) is 8.71. The summed E-state index contributed by atoms with van der Waals surface area (Å²) in [6, 6.07) is 8.39. The Morgan fingerprint density at radius 1 is 1.15 bits per heavy atom. The number of nitrogens with one attached hydrogen (secondary N) is 2. The molecule has 0 bridgehead atoms. The number of ether oxygens (including phenoxy) is 2. The maximum absolute atomic E-state index is 12.1. The van der Waals surface area contributed by atoms with Gasteiger partial charge in [0.25, 0.3) is 0 Å². The molecule has 0 aromatic heterocycles. The third kappa shape index (κ3) is 10.6. The molecule has 1 atom stereocenters. The van der Waals surface area contributed by atoms with Crippen LogP contribution in [-0.2, 0) is 30.9 Å². The third-order valence-electron chi connectivity index (χ3n) is 3.37. The van der Waals surface area contributed by atoms with E-state index in [0.29, 0.717) is 0 Å². The minimum Gasteiger partial charge on any atom is -0.469 e. The highest BCUT2D eigenvalue weighted by Gasteiger charge is 2.24. The van der Waals surface area contributed by atoms with E-state index in [1.807, 2.05) is 30.3 Å². The lowest BCUT2D eigenvalue weighted by Crippen LogP contribution is -2.44. The number of rotatable bonds is 9. The van der Waals surface area contributed by atoms with E-state index in [1.165, 1.54) is 7.11 Å². The second kappa shape index (κ2) is 10.3. The molecular formula is C18H28N2O6S. The van der Waals surface area contributed by atoms with Gasteiger partial charge in [-0.2, -0.15) is 0 Å². The first-order valence-electron chi connectivity index (χ1n) is 8.56. The van der Waals surface area contributed by atoms with Gasteiger partial charge in [0, 0.05) is 11.6 Å². The van der Waals surface area contributed by atoms with Crippen LogP contribution in [0.2, 0.25) is 0 Å². The van der Waals surface area contributed by atoms with Crippen molar-refractivity contribution in [3.8, 4) is 0 Å². The van der Waals surface area contributed by atoms with Crippen LogP contribution in [-0.4, -0.2) is 44.9 Å². The molecule has 8 nitrogen and oxygen atoms in total. The average Bonchev–Trinajstić information content (AvgIpc) is 2.56. The van der Waals surface area contributed by atoms with E-state index in [9.17, 15) is 18.0 Å². The Morgan fingerprint density at radius 3 is 2.33 bits per heavy atom. The van der Waals surface area contributed by atoms with E-state index in [0.717, 1.165) is 5.56 Å². The van der Waals surface area contributed by atoms with E-state index in [4.69, 9.17) is 4.74 Å². The molecule has 0 aliphatic heterocycles. The highest BCUT2D eigenvalue weighted by atomic mass is 32.2. The molecule has 0 aliphatic carbocycles. The van der Waals surface area contributed by atoms with Gasteiger partial charge in [-0.25, -0.2) is 17.9 Å². The quantitative estimate of drug-likeness (QED) is 0.613. The zero-order valence-corrected chi connectivity index (χ0v) is 17.0. The normalized spacial score (nSPS) is 12.9. The summed E-state index contributed by atoms with van der Waals surface area (Å²) in [5, 5.41) is 2.53. The van der Waals surface area contributed by atoms with Crippen LogP contribution in [0.3, 0.4) is 0 Å². The molecule has 9 heteroatoms. The maximum atomic E-state index is 12.1. The van der Waals surface area contributed by atoms with Gasteiger partial charge in [0.1, 0.15) is 6.61 Å². The number of benzene rings is 1. The molecule has 0 saturated heterocycles. The van der Waals surface area contributed by atoms with Crippen molar-refractivity contribution in [3.63, 3.8) is 0 Å². The van der Waals surface area contributed by atoms with Crippen LogP contribution >= 0.6 is 0 Å². The highest BCUT2D eigenvalue weighted by Crippen LogP contribution is 2.08. The molecule has 1 amide bonds. The van der Waals surface area contributed by atoms with Gasteiger partial charge in [0.05, 0.1) is 19.3 Å². The predicted molar refractivity (Wildman–Crippen MR) is 101 cm³/mol. The monoisotopic (exact) mass is 400 g/mol. The number of amides is 1. The summed E-state index contributed by atoms with van der Waals surface area (Å²) in [7, 11) is -2.33. The standard InChI is InChI=1S/C18H28N2O6S/c1-18(2,3)20-27(23,24)11-10-15(12-16(21)25-4)19-17(22)26-13-14-8-6-5-7-9-14/h5-9,15,20H,10-13H2,1-4H3,(H,19,22)/t15-/m0/s1. The van der Waals surface area contributed by atoms with Crippen molar-refractivity contribution in [1.82, 2.24) is 10.0 Å². The average molecular weight is 400 g/mol. The minimum atomic E-state index is -3.56. The third-order valence-corrected chi connectivity index (χ3v) is 5.07. The Bertz CT molecular complexity index is 713. The van der Waals surface area contributed by atoms with Gasteiger partial charge in [-0.05, 0) is 32.8 Å². The van der Waals surface area contributed by atoms with Crippen molar-refractivity contribution < 1.29 is 27.5 Å². The minimum absolute atomic E-state index is 0.0426. The number of hydrogen-bond donors (Lipinski definition) is 2. The van der Waals surface area contributed by atoms with Crippen LogP contribution < -0.4 is 10.0 Å². The molecule has 1 aromatic carbocycles. The molecule has 152 valence electrons. The molecule has 0 fully saturated rings. The highest BCUT2D eigenvalue weighted by molar-refractivity contribution is 7.89. The number of carbonyl (C=O) groups excluding carboxylic acids is 2. The summed E-state index contributed by atoms with van der Waals surface area (Å²) < 4.78 is 36.5. The van der Waals surface area contributed by atoms with Crippen molar-refractivity contribution in [1.29, 1.82) is 0 Å². The van der Waals surface area contributed by atoms with Gasteiger partial charge in [-0.3, -0.25) is 4.79 Å². The molecule has 0 heterocycles. The van der Waals surface area contributed by atoms with Crippen molar-refractivity contribution >= 4 is 22.1 Å². The van der Waals surface area contributed by atoms with E-state index >= 15 is 0 Å². The van der Waals surface area contributed by atoms with Gasteiger partial charge >= 0.3 is 12.1 Å². The van der Waals surface area contributed by atoms with Crippen LogP contribution in [0.5, 0.6) is 0 Å². The van der Waals surface area contributed by atoms with E-state index in [-0.39, 0.29) is 25.2 Å². The summed E-state index contributed by atoms with van der Waals surface area (Å²) >= 11 is 0. The van der Waals surface area contributed by atoms with Crippen LogP contribution in [0.4, 0.5) is 4.79 Å². The predicted octanol–water partition coefficient (Wildman–Crippen LogP) is 1.95. The number of methoxy groups -OCH3 is 1. The van der Waals surface area contributed by atoms with Crippen LogP contribution in [0, 0.1) is 0 Å². The Labute approximate surface area is 160 Å². The molecular weight excluding hydrogens is 372 g/mol. The fourth-order valence-corrected chi connectivity index (χ4v) is 3.89. The number of carbonyl (C=O) groups is 2. The maximum Gasteiger partial charge on any atom is 0.407 e.